The summed E-state index contributed by atoms with van der Waals surface area (Å²) in [6.45, 7) is 6.11. The molecule has 0 atom stereocenters. The highest BCUT2D eigenvalue weighted by molar-refractivity contribution is 7.99. The molecule has 0 radical (unpaired) electrons. The summed E-state index contributed by atoms with van der Waals surface area (Å²) >= 11 is 1.24. The van der Waals surface area contributed by atoms with E-state index in [1.807, 2.05) is 28.8 Å². The van der Waals surface area contributed by atoms with Crippen LogP contribution in [0.4, 0.5) is 0 Å². The number of methoxy groups -OCH3 is 1. The molecule has 1 N–H and O–H groups in total. The summed E-state index contributed by atoms with van der Waals surface area (Å²) in [5.74, 6) is 0.783. The van der Waals surface area contributed by atoms with Gasteiger partial charge in [-0.15, -0.1) is 16.8 Å². The Morgan fingerprint density at radius 2 is 2.04 bits per heavy atom. The number of amides is 1. The molecule has 2 aromatic rings. The number of thioether (sulfide) groups is 1. The van der Waals surface area contributed by atoms with Crippen LogP contribution >= 0.6 is 11.8 Å². The molecule has 0 spiro atoms. The fourth-order valence-electron chi connectivity index (χ4n) is 2.21. The van der Waals surface area contributed by atoms with Crippen molar-refractivity contribution in [2.45, 2.75) is 18.6 Å². The first-order valence-electron chi connectivity index (χ1n) is 8.32. The zero-order valence-electron chi connectivity index (χ0n) is 15.3. The number of hydrogen-bond donors (Lipinski definition) is 1. The van der Waals surface area contributed by atoms with Gasteiger partial charge in [0.25, 0.3) is 0 Å². The van der Waals surface area contributed by atoms with Gasteiger partial charge in [-0.1, -0.05) is 17.8 Å². The molecular formula is C18H22N4O4S. The predicted molar refractivity (Wildman–Crippen MR) is 103 cm³/mol. The van der Waals surface area contributed by atoms with Gasteiger partial charge in [-0.3, -0.25) is 14.2 Å². The molecule has 1 aromatic heterocycles. The first kappa shape index (κ1) is 20.5. The number of rotatable bonds is 10. The van der Waals surface area contributed by atoms with Crippen LogP contribution in [0.5, 0.6) is 5.75 Å². The van der Waals surface area contributed by atoms with Crippen molar-refractivity contribution in [1.82, 2.24) is 20.1 Å². The molecule has 1 amide bonds. The minimum Gasteiger partial charge on any atom is -0.497 e. The average molecular weight is 390 g/mol. The number of allylic oxidation sites excluding steroid dienone is 1. The van der Waals surface area contributed by atoms with E-state index in [1.54, 1.807) is 20.1 Å². The van der Waals surface area contributed by atoms with Gasteiger partial charge >= 0.3 is 5.97 Å². The lowest BCUT2D eigenvalue weighted by Gasteiger charge is -2.08. The highest BCUT2D eigenvalue weighted by Gasteiger charge is 2.15. The topological polar surface area (TPSA) is 95.3 Å². The van der Waals surface area contributed by atoms with E-state index in [0.717, 1.165) is 11.3 Å². The number of hydrogen-bond acceptors (Lipinski definition) is 7. The van der Waals surface area contributed by atoms with E-state index in [9.17, 15) is 9.59 Å². The third-order valence-corrected chi connectivity index (χ3v) is 4.41. The van der Waals surface area contributed by atoms with Crippen LogP contribution < -0.4 is 10.1 Å². The minimum atomic E-state index is -0.465. The van der Waals surface area contributed by atoms with Crippen molar-refractivity contribution in [3.05, 3.63) is 36.9 Å². The van der Waals surface area contributed by atoms with E-state index in [4.69, 9.17) is 9.47 Å². The van der Waals surface area contributed by atoms with Crippen LogP contribution in [-0.2, 0) is 20.9 Å². The monoisotopic (exact) mass is 390 g/mol. The Morgan fingerprint density at radius 3 is 2.67 bits per heavy atom. The highest BCUT2D eigenvalue weighted by Crippen LogP contribution is 2.25. The number of aromatic nitrogens is 3. The smallest absolute Gasteiger partial charge is 0.325 e. The third-order valence-electron chi connectivity index (χ3n) is 3.44. The summed E-state index contributed by atoms with van der Waals surface area (Å²) in [5, 5.41) is 11.5. The van der Waals surface area contributed by atoms with Crippen LogP contribution in [0.15, 0.2) is 42.1 Å². The van der Waals surface area contributed by atoms with Gasteiger partial charge in [-0.05, 0) is 31.2 Å². The number of benzene rings is 1. The van der Waals surface area contributed by atoms with Crippen LogP contribution in [0.2, 0.25) is 0 Å². The van der Waals surface area contributed by atoms with E-state index in [0.29, 0.717) is 17.5 Å². The van der Waals surface area contributed by atoms with Crippen molar-refractivity contribution in [2.24, 2.45) is 0 Å². The minimum absolute atomic E-state index is 0.108. The number of esters is 1. The van der Waals surface area contributed by atoms with E-state index < -0.39 is 5.97 Å². The van der Waals surface area contributed by atoms with Gasteiger partial charge < -0.3 is 14.8 Å². The van der Waals surface area contributed by atoms with Crippen molar-refractivity contribution in [3.8, 4) is 17.1 Å². The Kier molecular flexibility index (Phi) is 7.87. The predicted octanol–water partition coefficient (Wildman–Crippen LogP) is 1.91. The molecule has 0 aliphatic carbocycles. The lowest BCUT2D eigenvalue weighted by molar-refractivity contribution is -0.143. The first-order valence-corrected chi connectivity index (χ1v) is 9.31. The van der Waals surface area contributed by atoms with Crippen molar-refractivity contribution in [1.29, 1.82) is 0 Å². The van der Waals surface area contributed by atoms with Crippen LogP contribution in [-0.4, -0.2) is 52.7 Å². The lowest BCUT2D eigenvalue weighted by Crippen LogP contribution is -2.31. The molecule has 0 aliphatic rings. The Balaban J connectivity index is 2.04. The Bertz CT molecular complexity index is 789. The second kappa shape index (κ2) is 10.4. The van der Waals surface area contributed by atoms with Crippen LogP contribution in [0.3, 0.4) is 0 Å². The zero-order valence-corrected chi connectivity index (χ0v) is 16.1. The molecule has 0 unspecified atom stereocenters. The maximum Gasteiger partial charge on any atom is 0.325 e. The molecule has 1 heterocycles. The third kappa shape index (κ3) is 5.85. The first-order chi connectivity index (χ1) is 13.1. The van der Waals surface area contributed by atoms with Gasteiger partial charge in [-0.25, -0.2) is 0 Å². The molecule has 8 nitrogen and oxygen atoms in total. The largest absolute Gasteiger partial charge is 0.497 e. The van der Waals surface area contributed by atoms with E-state index in [2.05, 4.69) is 22.1 Å². The molecule has 27 heavy (non-hydrogen) atoms. The fraction of sp³-hybridized carbons (Fsp3) is 0.333. The standard InChI is InChI=1S/C18H22N4O4S/c1-4-10-22-17(13-6-8-14(25-3)9-7-13)20-21-18(22)27-12-15(23)19-11-16(24)26-5-2/h4,6-9H,1,5,10-12H2,2-3H3,(H,19,23). The number of nitrogens with one attached hydrogen (secondary N) is 1. The quantitative estimate of drug-likeness (QED) is 0.376. The summed E-state index contributed by atoms with van der Waals surface area (Å²) in [5.41, 5.74) is 0.878. The Labute approximate surface area is 161 Å². The molecule has 0 fully saturated rings. The lowest BCUT2D eigenvalue weighted by atomic mass is 10.2. The van der Waals surface area contributed by atoms with Gasteiger partial charge in [0.1, 0.15) is 12.3 Å². The summed E-state index contributed by atoms with van der Waals surface area (Å²) in [7, 11) is 1.61. The fourth-order valence-corrected chi connectivity index (χ4v) is 2.98. The van der Waals surface area contributed by atoms with E-state index >= 15 is 0 Å². The van der Waals surface area contributed by atoms with Crippen molar-refractivity contribution >= 4 is 23.6 Å². The average Bonchev–Trinajstić information content (AvgIpc) is 3.08. The van der Waals surface area contributed by atoms with Gasteiger partial charge in [0, 0.05) is 12.1 Å². The normalized spacial score (nSPS) is 10.3. The van der Waals surface area contributed by atoms with Gasteiger partial charge in [0.15, 0.2) is 11.0 Å². The SMILES string of the molecule is C=CCn1c(SCC(=O)NCC(=O)OCC)nnc1-c1ccc(OC)cc1. The second-order valence-electron chi connectivity index (χ2n) is 5.30. The molecule has 0 saturated carbocycles. The number of nitrogens with zero attached hydrogens (tertiary/aromatic N) is 3. The van der Waals surface area contributed by atoms with E-state index in [-0.39, 0.29) is 24.8 Å². The summed E-state index contributed by atoms with van der Waals surface area (Å²) in [6.07, 6.45) is 1.74. The maximum atomic E-state index is 11.9. The van der Waals surface area contributed by atoms with Crippen molar-refractivity contribution in [3.63, 3.8) is 0 Å². The number of carbonyl (C=O) groups is 2. The summed E-state index contributed by atoms with van der Waals surface area (Å²) in [4.78, 5) is 23.2. The molecule has 0 saturated heterocycles. The molecule has 0 aliphatic heterocycles. The maximum absolute atomic E-state index is 11.9. The summed E-state index contributed by atoms with van der Waals surface area (Å²) in [6, 6.07) is 7.47. The molecular weight excluding hydrogens is 368 g/mol. The number of carbonyl (C=O) groups excluding carboxylic acids is 2. The molecule has 0 bridgehead atoms. The second-order valence-corrected chi connectivity index (χ2v) is 6.25. The molecule has 144 valence electrons. The van der Waals surface area contributed by atoms with Crippen molar-refractivity contribution in [2.75, 3.05) is 26.0 Å². The zero-order chi connectivity index (χ0) is 19.6. The van der Waals surface area contributed by atoms with Gasteiger partial charge in [0.05, 0.1) is 19.5 Å². The van der Waals surface area contributed by atoms with Crippen molar-refractivity contribution < 1.29 is 19.1 Å². The van der Waals surface area contributed by atoms with Crippen LogP contribution in [0.25, 0.3) is 11.4 Å². The Hall–Kier alpha value is -2.81. The molecule has 1 aromatic carbocycles. The molecule has 9 heteroatoms. The number of ether oxygens (including phenoxy) is 2. The highest BCUT2D eigenvalue weighted by atomic mass is 32.2. The van der Waals surface area contributed by atoms with Crippen LogP contribution in [0, 0.1) is 0 Å². The Morgan fingerprint density at radius 1 is 1.30 bits per heavy atom. The van der Waals surface area contributed by atoms with Gasteiger partial charge in [0.2, 0.25) is 5.91 Å². The van der Waals surface area contributed by atoms with E-state index in [1.165, 1.54) is 11.8 Å². The summed E-state index contributed by atoms with van der Waals surface area (Å²) < 4.78 is 11.8. The van der Waals surface area contributed by atoms with Gasteiger partial charge in [-0.2, -0.15) is 0 Å². The molecule has 2 rings (SSSR count). The van der Waals surface area contributed by atoms with Crippen LogP contribution in [0.1, 0.15) is 6.92 Å².